The van der Waals surface area contributed by atoms with Gasteiger partial charge in [-0.05, 0) is 61.1 Å². The molecule has 2 aliphatic carbocycles. The zero-order valence-electron chi connectivity index (χ0n) is 17.9. The van der Waals surface area contributed by atoms with Gasteiger partial charge in [0.05, 0.1) is 24.7 Å². The molecule has 1 saturated heterocycles. The third kappa shape index (κ3) is 4.02. The van der Waals surface area contributed by atoms with E-state index in [9.17, 15) is 9.59 Å². The van der Waals surface area contributed by atoms with Gasteiger partial charge in [-0.1, -0.05) is 41.4 Å². The van der Waals surface area contributed by atoms with E-state index in [0.717, 1.165) is 17.0 Å². The molecule has 2 amide bonds. The number of hydrogen-bond acceptors (Lipinski definition) is 5. The Balaban J connectivity index is 1.31. The highest BCUT2D eigenvalue weighted by Crippen LogP contribution is 2.52. The van der Waals surface area contributed by atoms with Gasteiger partial charge in [0.2, 0.25) is 0 Å². The predicted octanol–water partition coefficient (Wildman–Crippen LogP) is 5.11. The number of carbonyl (C=O) groups excluding carboxylic acids is 2. The van der Waals surface area contributed by atoms with E-state index in [1.54, 1.807) is 30.3 Å². The molecule has 170 valence electrons. The summed E-state index contributed by atoms with van der Waals surface area (Å²) < 4.78 is 11.7. The third-order valence-corrected chi connectivity index (χ3v) is 7.02. The highest BCUT2D eigenvalue weighted by molar-refractivity contribution is 6.35. The van der Waals surface area contributed by atoms with Crippen LogP contribution in [0.4, 0.5) is 0 Å². The van der Waals surface area contributed by atoms with E-state index in [2.05, 4.69) is 17.3 Å². The van der Waals surface area contributed by atoms with Crippen molar-refractivity contribution in [2.45, 2.75) is 20.0 Å². The summed E-state index contributed by atoms with van der Waals surface area (Å²) in [5, 5.41) is 6.36. The molecular weight excluding hydrogens is 463 g/mol. The number of halogens is 2. The summed E-state index contributed by atoms with van der Waals surface area (Å²) in [6.45, 7) is 2.57. The molecule has 8 heteroatoms. The van der Waals surface area contributed by atoms with Crippen molar-refractivity contribution < 1.29 is 19.1 Å². The number of amides is 2. The molecule has 0 radical (unpaired) electrons. The zero-order valence-corrected chi connectivity index (χ0v) is 19.4. The molecule has 2 aromatic rings. The number of fused-ring (bicyclic) bond motifs is 5. The number of ether oxygens (including phenoxy) is 2. The summed E-state index contributed by atoms with van der Waals surface area (Å²) in [7, 11) is 0. The van der Waals surface area contributed by atoms with E-state index in [1.807, 2.05) is 13.0 Å². The van der Waals surface area contributed by atoms with E-state index in [-0.39, 0.29) is 42.1 Å². The van der Waals surface area contributed by atoms with Gasteiger partial charge in [-0.15, -0.1) is 0 Å². The first-order valence-electron chi connectivity index (χ1n) is 10.9. The molecule has 0 spiro atoms. The molecule has 2 aromatic carbocycles. The van der Waals surface area contributed by atoms with Crippen LogP contribution in [0.1, 0.15) is 24.5 Å². The maximum Gasteiger partial charge on any atom is 0.254 e. The van der Waals surface area contributed by atoms with Crippen molar-refractivity contribution in [2.75, 3.05) is 6.61 Å². The van der Waals surface area contributed by atoms with Crippen LogP contribution in [0.15, 0.2) is 53.7 Å². The fraction of sp³-hybridized carbons (Fsp3) is 0.320. The molecule has 3 aliphatic rings. The fourth-order valence-corrected chi connectivity index (χ4v) is 5.37. The number of hydrogen-bond donors (Lipinski definition) is 0. The van der Waals surface area contributed by atoms with E-state index < -0.39 is 0 Å². The summed E-state index contributed by atoms with van der Waals surface area (Å²) >= 11 is 12.2. The number of benzene rings is 2. The van der Waals surface area contributed by atoms with Gasteiger partial charge in [0.1, 0.15) is 6.61 Å². The Morgan fingerprint density at radius 3 is 2.39 bits per heavy atom. The lowest BCUT2D eigenvalue weighted by Crippen LogP contribution is -2.28. The van der Waals surface area contributed by atoms with Gasteiger partial charge in [0.25, 0.3) is 11.8 Å². The lowest BCUT2D eigenvalue weighted by molar-refractivity contribution is -0.140. The lowest BCUT2D eigenvalue weighted by atomic mass is 9.85. The number of hydrazone groups is 1. The Morgan fingerprint density at radius 1 is 1.00 bits per heavy atom. The molecule has 0 aromatic heterocycles. The van der Waals surface area contributed by atoms with Gasteiger partial charge in [0, 0.05) is 15.6 Å². The second-order valence-corrected chi connectivity index (χ2v) is 9.24. The van der Waals surface area contributed by atoms with Crippen molar-refractivity contribution in [2.24, 2.45) is 28.8 Å². The maximum atomic E-state index is 12.8. The Bertz CT molecular complexity index is 1150. The summed E-state index contributed by atoms with van der Waals surface area (Å²) in [5.74, 6) is 0.456. The van der Waals surface area contributed by atoms with Crippen LogP contribution in [0.3, 0.4) is 0 Å². The quantitative estimate of drug-likeness (QED) is 0.311. The minimum atomic E-state index is -0.265. The summed E-state index contributed by atoms with van der Waals surface area (Å²) in [6, 6.07) is 10.6. The SMILES string of the molecule is CCOc1cc(C=NN2C(=O)[C@@H]3[C@H](C2=O)[C@H]2C=C[C@H]3C2)ccc1OCc1ccc(Cl)cc1Cl. The Hall–Kier alpha value is -2.83. The molecule has 1 aliphatic heterocycles. The van der Waals surface area contributed by atoms with Crippen LogP contribution in [-0.2, 0) is 16.2 Å². The number of nitrogens with zero attached hydrogens (tertiary/aromatic N) is 2. The monoisotopic (exact) mass is 484 g/mol. The van der Waals surface area contributed by atoms with Crippen LogP contribution in [-0.4, -0.2) is 29.6 Å². The van der Waals surface area contributed by atoms with Crippen LogP contribution in [0.25, 0.3) is 0 Å². The highest BCUT2D eigenvalue weighted by Gasteiger charge is 2.59. The number of rotatable bonds is 7. The minimum Gasteiger partial charge on any atom is -0.490 e. The Labute approximate surface area is 201 Å². The van der Waals surface area contributed by atoms with Gasteiger partial charge < -0.3 is 9.47 Å². The first-order valence-corrected chi connectivity index (χ1v) is 11.7. The standard InChI is InChI=1S/C25H22Cl2N2O4/c1-2-32-21-9-14(3-8-20(21)33-13-17-6-7-18(26)11-19(17)27)12-28-29-24(30)22-15-4-5-16(10-15)23(22)25(29)31/h3-9,11-12,15-16,22-23H,2,10,13H2,1H3/t15-,16-,22-,23+/m0/s1. The summed E-state index contributed by atoms with van der Waals surface area (Å²) in [4.78, 5) is 25.6. The summed E-state index contributed by atoms with van der Waals surface area (Å²) in [6.07, 6.45) is 6.53. The van der Waals surface area contributed by atoms with Gasteiger partial charge in [-0.3, -0.25) is 9.59 Å². The number of allylic oxidation sites excluding steroid dienone is 2. The second kappa shape index (κ2) is 8.84. The third-order valence-electron chi connectivity index (χ3n) is 6.44. The van der Waals surface area contributed by atoms with Crippen LogP contribution < -0.4 is 9.47 Å². The first kappa shape index (κ1) is 22.0. The Kier molecular flexibility index (Phi) is 5.89. The molecule has 1 heterocycles. The molecule has 0 N–H and O–H groups in total. The summed E-state index contributed by atoms with van der Waals surface area (Å²) in [5.41, 5.74) is 1.49. The van der Waals surface area contributed by atoms with E-state index >= 15 is 0 Å². The van der Waals surface area contributed by atoms with Crippen LogP contribution >= 0.6 is 23.2 Å². The van der Waals surface area contributed by atoms with Crippen molar-refractivity contribution in [1.82, 2.24) is 5.01 Å². The molecule has 4 atom stereocenters. The highest BCUT2D eigenvalue weighted by atomic mass is 35.5. The molecule has 33 heavy (non-hydrogen) atoms. The van der Waals surface area contributed by atoms with Crippen molar-refractivity contribution in [3.8, 4) is 11.5 Å². The van der Waals surface area contributed by atoms with Gasteiger partial charge in [-0.2, -0.15) is 10.1 Å². The largest absolute Gasteiger partial charge is 0.490 e. The first-order chi connectivity index (χ1) is 16.0. The van der Waals surface area contributed by atoms with Crippen molar-refractivity contribution in [1.29, 1.82) is 0 Å². The van der Waals surface area contributed by atoms with Crippen molar-refractivity contribution in [3.63, 3.8) is 0 Å². The van der Waals surface area contributed by atoms with Gasteiger partial charge in [-0.25, -0.2) is 0 Å². The van der Waals surface area contributed by atoms with Gasteiger partial charge >= 0.3 is 0 Å². The number of imide groups is 1. The smallest absolute Gasteiger partial charge is 0.254 e. The molecule has 0 unspecified atom stereocenters. The van der Waals surface area contributed by atoms with Crippen LogP contribution in [0.2, 0.25) is 10.0 Å². The maximum absolute atomic E-state index is 12.8. The fourth-order valence-electron chi connectivity index (χ4n) is 4.91. The average molecular weight is 485 g/mol. The van der Waals surface area contributed by atoms with Crippen molar-refractivity contribution >= 4 is 41.2 Å². The average Bonchev–Trinajstić information content (AvgIpc) is 3.47. The molecule has 2 fully saturated rings. The van der Waals surface area contributed by atoms with E-state index in [1.165, 1.54) is 6.21 Å². The van der Waals surface area contributed by atoms with Gasteiger partial charge in [0.15, 0.2) is 11.5 Å². The molecule has 5 rings (SSSR count). The Morgan fingerprint density at radius 2 is 1.73 bits per heavy atom. The molecule has 1 saturated carbocycles. The van der Waals surface area contributed by atoms with Crippen LogP contribution in [0.5, 0.6) is 11.5 Å². The molecular formula is C25H22Cl2N2O4. The van der Waals surface area contributed by atoms with E-state index in [4.69, 9.17) is 32.7 Å². The minimum absolute atomic E-state index is 0.159. The molecule has 6 nitrogen and oxygen atoms in total. The predicted molar refractivity (Wildman–Crippen MR) is 126 cm³/mol. The van der Waals surface area contributed by atoms with Crippen molar-refractivity contribution in [3.05, 3.63) is 69.7 Å². The second-order valence-electron chi connectivity index (χ2n) is 8.40. The van der Waals surface area contributed by atoms with Crippen LogP contribution in [0, 0.1) is 23.7 Å². The topological polar surface area (TPSA) is 68.2 Å². The zero-order chi connectivity index (χ0) is 23.1. The normalized spacial score (nSPS) is 25.4. The lowest BCUT2D eigenvalue weighted by Gasteiger charge is -2.14. The molecule has 2 bridgehead atoms. The van der Waals surface area contributed by atoms with E-state index in [0.29, 0.717) is 33.7 Å². The number of carbonyl (C=O) groups is 2.